The third kappa shape index (κ3) is 2.64. The fourth-order valence-corrected chi connectivity index (χ4v) is 3.40. The molecule has 0 spiro atoms. The van der Waals surface area contributed by atoms with Gasteiger partial charge in [0.05, 0.1) is 6.10 Å². The van der Waals surface area contributed by atoms with Crippen molar-refractivity contribution in [1.29, 1.82) is 0 Å². The number of aliphatic hydroxyl groups is 1. The molecule has 0 radical (unpaired) electrons. The van der Waals surface area contributed by atoms with E-state index in [9.17, 15) is 9.90 Å². The van der Waals surface area contributed by atoms with Crippen LogP contribution in [-0.4, -0.2) is 40.9 Å². The lowest BCUT2D eigenvalue weighted by molar-refractivity contribution is 0.0624. The molecule has 1 aromatic rings. The number of carbonyl (C=O) groups excluding carboxylic acids is 1. The second-order valence-electron chi connectivity index (χ2n) is 5.65. The summed E-state index contributed by atoms with van der Waals surface area (Å²) in [7, 11) is 0. The molecule has 5 nitrogen and oxygen atoms in total. The van der Waals surface area contributed by atoms with Gasteiger partial charge in [0, 0.05) is 32.0 Å². The van der Waals surface area contributed by atoms with Crippen LogP contribution in [0.1, 0.15) is 24.0 Å². The Balaban J connectivity index is 1.67. The molecule has 1 aromatic carbocycles. The first-order chi connectivity index (χ1) is 9.63. The molecule has 20 heavy (non-hydrogen) atoms. The molecule has 1 aliphatic heterocycles. The van der Waals surface area contributed by atoms with Crippen LogP contribution in [0.15, 0.2) is 24.3 Å². The van der Waals surface area contributed by atoms with E-state index in [1.54, 1.807) is 0 Å². The molecule has 0 saturated heterocycles. The summed E-state index contributed by atoms with van der Waals surface area (Å²) in [6.45, 7) is 1.78. The number of rotatable bonds is 2. The van der Waals surface area contributed by atoms with Crippen LogP contribution in [-0.2, 0) is 17.7 Å². The highest BCUT2D eigenvalue weighted by Gasteiger charge is 2.39. The molecule has 3 rings (SSSR count). The first-order valence-corrected chi connectivity index (χ1v) is 7.08. The smallest absolute Gasteiger partial charge is 0.404 e. The zero-order valence-corrected chi connectivity index (χ0v) is 11.4. The summed E-state index contributed by atoms with van der Waals surface area (Å²) < 4.78 is 5.02. The van der Waals surface area contributed by atoms with E-state index in [1.807, 2.05) is 6.07 Å². The second kappa shape index (κ2) is 5.42. The summed E-state index contributed by atoms with van der Waals surface area (Å²) in [5.41, 5.74) is 7.76. The van der Waals surface area contributed by atoms with Gasteiger partial charge in [0.2, 0.25) is 0 Å². The van der Waals surface area contributed by atoms with Gasteiger partial charge in [-0.1, -0.05) is 24.3 Å². The van der Waals surface area contributed by atoms with Crippen molar-refractivity contribution in [3.63, 3.8) is 0 Å². The van der Waals surface area contributed by atoms with Gasteiger partial charge in [0.1, 0.15) is 6.10 Å². The van der Waals surface area contributed by atoms with Crippen LogP contribution in [0.4, 0.5) is 4.79 Å². The zero-order chi connectivity index (χ0) is 14.1. The van der Waals surface area contributed by atoms with E-state index in [-0.39, 0.29) is 12.1 Å². The van der Waals surface area contributed by atoms with Gasteiger partial charge in [-0.2, -0.15) is 0 Å². The molecule has 3 N–H and O–H groups in total. The molecule has 1 aliphatic carbocycles. The van der Waals surface area contributed by atoms with Crippen LogP contribution in [0.2, 0.25) is 0 Å². The molecule has 1 fully saturated rings. The fourth-order valence-electron chi connectivity index (χ4n) is 3.40. The third-order valence-corrected chi connectivity index (χ3v) is 4.36. The largest absolute Gasteiger partial charge is 0.446 e. The van der Waals surface area contributed by atoms with Crippen LogP contribution >= 0.6 is 0 Å². The molecule has 3 unspecified atom stereocenters. The molecule has 0 aromatic heterocycles. The highest BCUT2D eigenvalue weighted by Crippen LogP contribution is 2.30. The van der Waals surface area contributed by atoms with Crippen molar-refractivity contribution >= 4 is 6.09 Å². The summed E-state index contributed by atoms with van der Waals surface area (Å²) in [5, 5.41) is 10.2. The van der Waals surface area contributed by atoms with E-state index >= 15 is 0 Å². The van der Waals surface area contributed by atoms with Gasteiger partial charge in [-0.15, -0.1) is 0 Å². The Morgan fingerprint density at radius 1 is 1.30 bits per heavy atom. The Labute approximate surface area is 118 Å². The van der Waals surface area contributed by atoms with Crippen molar-refractivity contribution in [3.8, 4) is 0 Å². The molecule has 5 heteroatoms. The average molecular weight is 276 g/mol. The lowest BCUT2D eigenvalue weighted by atomic mass is 9.98. The van der Waals surface area contributed by atoms with Gasteiger partial charge in [-0.25, -0.2) is 4.79 Å². The number of aliphatic hydroxyl groups excluding tert-OH is 1. The van der Waals surface area contributed by atoms with Crippen molar-refractivity contribution in [3.05, 3.63) is 35.4 Å². The van der Waals surface area contributed by atoms with Gasteiger partial charge in [0.15, 0.2) is 0 Å². The first-order valence-electron chi connectivity index (χ1n) is 7.08. The number of nitrogens with zero attached hydrogens (tertiary/aromatic N) is 1. The number of hydrogen-bond donors (Lipinski definition) is 2. The summed E-state index contributed by atoms with van der Waals surface area (Å²) in [6.07, 6.45) is 0.666. The molecule has 2 aliphatic rings. The van der Waals surface area contributed by atoms with Crippen molar-refractivity contribution in [2.45, 2.75) is 44.1 Å². The molecule has 0 bridgehead atoms. The van der Waals surface area contributed by atoms with E-state index in [2.05, 4.69) is 23.1 Å². The second-order valence-corrected chi connectivity index (χ2v) is 5.65. The van der Waals surface area contributed by atoms with Gasteiger partial charge in [0.25, 0.3) is 0 Å². The molecule has 1 saturated carbocycles. The average Bonchev–Trinajstić information content (AvgIpc) is 2.78. The predicted molar refractivity (Wildman–Crippen MR) is 74.0 cm³/mol. The van der Waals surface area contributed by atoms with Crippen molar-refractivity contribution in [1.82, 2.24) is 4.90 Å². The van der Waals surface area contributed by atoms with E-state index in [4.69, 9.17) is 10.5 Å². The zero-order valence-electron chi connectivity index (χ0n) is 11.4. The maximum absolute atomic E-state index is 10.8. The molecular formula is C15H20N2O3. The maximum Gasteiger partial charge on any atom is 0.404 e. The number of amides is 1. The lowest BCUT2D eigenvalue weighted by Gasteiger charge is -2.35. The number of carbonyl (C=O) groups is 1. The standard InChI is InChI=1S/C15H20N2O3/c16-15(19)20-12-7-13(14(18)8-12)17-6-5-10-3-1-2-4-11(10)9-17/h1-4,12-14,18H,5-9H2,(H2,16,19). The van der Waals surface area contributed by atoms with Gasteiger partial charge < -0.3 is 15.6 Å². The molecule has 108 valence electrons. The normalized spacial score (nSPS) is 29.9. The van der Waals surface area contributed by atoms with Gasteiger partial charge in [-0.3, -0.25) is 4.90 Å². The minimum Gasteiger partial charge on any atom is -0.446 e. The monoisotopic (exact) mass is 276 g/mol. The van der Waals surface area contributed by atoms with E-state index in [0.717, 1.165) is 19.5 Å². The van der Waals surface area contributed by atoms with Crippen LogP contribution < -0.4 is 5.73 Å². The number of benzene rings is 1. The van der Waals surface area contributed by atoms with Crippen molar-refractivity contribution in [2.24, 2.45) is 5.73 Å². The summed E-state index contributed by atoms with van der Waals surface area (Å²) >= 11 is 0. The van der Waals surface area contributed by atoms with Crippen LogP contribution in [0.5, 0.6) is 0 Å². The third-order valence-electron chi connectivity index (χ3n) is 4.36. The maximum atomic E-state index is 10.8. The number of hydrogen-bond acceptors (Lipinski definition) is 4. The Bertz CT molecular complexity index is 506. The van der Waals surface area contributed by atoms with Gasteiger partial charge in [-0.05, 0) is 17.5 Å². The van der Waals surface area contributed by atoms with Crippen LogP contribution in [0.3, 0.4) is 0 Å². The number of ether oxygens (including phenoxy) is 1. The van der Waals surface area contributed by atoms with Gasteiger partial charge >= 0.3 is 6.09 Å². The Kier molecular flexibility index (Phi) is 3.63. The van der Waals surface area contributed by atoms with Crippen molar-refractivity contribution < 1.29 is 14.6 Å². The van der Waals surface area contributed by atoms with E-state index in [0.29, 0.717) is 12.8 Å². The van der Waals surface area contributed by atoms with E-state index < -0.39 is 12.2 Å². The van der Waals surface area contributed by atoms with E-state index in [1.165, 1.54) is 11.1 Å². The SMILES string of the molecule is NC(=O)OC1CC(O)C(N2CCc3ccccc3C2)C1. The number of fused-ring (bicyclic) bond motifs is 1. The number of primary amides is 1. The van der Waals surface area contributed by atoms with Crippen LogP contribution in [0, 0.1) is 0 Å². The molecular weight excluding hydrogens is 256 g/mol. The minimum atomic E-state index is -0.758. The summed E-state index contributed by atoms with van der Waals surface area (Å²) in [4.78, 5) is 13.1. The highest BCUT2D eigenvalue weighted by atomic mass is 16.6. The van der Waals surface area contributed by atoms with Crippen molar-refractivity contribution in [2.75, 3.05) is 6.54 Å². The van der Waals surface area contributed by atoms with Crippen LogP contribution in [0.25, 0.3) is 0 Å². The summed E-state index contributed by atoms with van der Waals surface area (Å²) in [5.74, 6) is 0. The fraction of sp³-hybridized carbons (Fsp3) is 0.533. The Morgan fingerprint density at radius 2 is 2.05 bits per heavy atom. The highest BCUT2D eigenvalue weighted by molar-refractivity contribution is 5.64. The number of nitrogens with two attached hydrogens (primary N) is 1. The molecule has 1 amide bonds. The Hall–Kier alpha value is -1.59. The first kappa shape index (κ1) is 13.4. The minimum absolute atomic E-state index is 0.0488. The molecule has 1 heterocycles. The lowest BCUT2D eigenvalue weighted by Crippen LogP contribution is -2.43. The predicted octanol–water partition coefficient (Wildman–Crippen LogP) is 1.03. The topological polar surface area (TPSA) is 75.8 Å². The Morgan fingerprint density at radius 3 is 2.80 bits per heavy atom. The quantitative estimate of drug-likeness (QED) is 0.846. The molecule has 3 atom stereocenters. The summed E-state index contributed by atoms with van der Waals surface area (Å²) in [6, 6.07) is 8.46.